The van der Waals surface area contributed by atoms with Crippen LogP contribution in [0.25, 0.3) is 0 Å². The van der Waals surface area contributed by atoms with Gasteiger partial charge in [0.15, 0.2) is 0 Å². The van der Waals surface area contributed by atoms with Crippen molar-refractivity contribution in [3.8, 4) is 11.5 Å². The van der Waals surface area contributed by atoms with Crippen molar-refractivity contribution in [1.29, 1.82) is 0 Å². The number of nitrogens with one attached hydrogen (secondary N) is 4. The standard InChI is InChI=1S/C17H8Cl2F8N2O3.C15H10ClF3N2O3/c18-6-5-11(32-17(26,27)14(22)16(23,24)25)7(19)4-10(6)28-15(31)29-13(30)12-8(20)2-1-3-9(12)21;16-12-4-2-1-3-11(12)13(22)21-14(23)20-9-5-7-10(8-6-9)24-15(17,18)19/h1-5,14H,(H2,28,29,30,31);1-8H,(H2,20,21,22,23). The van der Waals surface area contributed by atoms with Crippen LogP contribution in [-0.4, -0.2) is 48.7 Å². The summed E-state index contributed by atoms with van der Waals surface area (Å²) in [5.41, 5.74) is -1.26. The highest BCUT2D eigenvalue weighted by molar-refractivity contribution is 6.37. The number of ether oxygens (including phenoxy) is 2. The smallest absolute Gasteiger partial charge is 0.428 e. The van der Waals surface area contributed by atoms with Crippen molar-refractivity contribution < 1.29 is 76.9 Å². The number of alkyl halides is 9. The van der Waals surface area contributed by atoms with Crippen LogP contribution in [0.3, 0.4) is 0 Å². The Morgan fingerprint density at radius 2 is 1.18 bits per heavy atom. The highest BCUT2D eigenvalue weighted by atomic mass is 35.5. The molecule has 0 aliphatic heterocycles. The number of imide groups is 2. The van der Waals surface area contributed by atoms with Crippen molar-refractivity contribution >= 4 is 70.1 Å². The number of anilines is 2. The van der Waals surface area contributed by atoms with Crippen LogP contribution in [-0.2, 0) is 0 Å². The van der Waals surface area contributed by atoms with Crippen LogP contribution in [0.1, 0.15) is 20.7 Å². The summed E-state index contributed by atoms with van der Waals surface area (Å²) < 4.78 is 147. The third kappa shape index (κ3) is 13.0. The molecule has 300 valence electrons. The Kier molecular flexibility index (Phi) is 14.7. The van der Waals surface area contributed by atoms with E-state index in [2.05, 4.69) is 20.1 Å². The summed E-state index contributed by atoms with van der Waals surface area (Å²) in [7, 11) is 0. The van der Waals surface area contributed by atoms with Gasteiger partial charge in [-0.2, -0.15) is 22.0 Å². The first kappa shape index (κ1) is 44.9. The van der Waals surface area contributed by atoms with E-state index in [9.17, 15) is 67.5 Å². The van der Waals surface area contributed by atoms with Gasteiger partial charge in [-0.25, -0.2) is 22.8 Å². The van der Waals surface area contributed by atoms with E-state index >= 15 is 0 Å². The predicted octanol–water partition coefficient (Wildman–Crippen LogP) is 10.3. The molecule has 0 aromatic heterocycles. The average Bonchev–Trinajstić information content (AvgIpc) is 3.06. The van der Waals surface area contributed by atoms with E-state index in [1.807, 2.05) is 5.32 Å². The third-order valence-corrected chi connectivity index (χ3v) is 7.14. The summed E-state index contributed by atoms with van der Waals surface area (Å²) in [5, 5.41) is 6.53. The molecule has 0 aliphatic carbocycles. The molecule has 0 saturated heterocycles. The first-order chi connectivity index (χ1) is 25.9. The zero-order valence-corrected chi connectivity index (χ0v) is 29.1. The van der Waals surface area contributed by atoms with Gasteiger partial charge >= 0.3 is 30.7 Å². The SMILES string of the molecule is O=C(NC(=O)c1c(F)cccc1F)Nc1cc(Cl)c(OC(F)(F)C(F)C(F)(F)F)cc1Cl.O=C(NC(=O)c1ccccc1Cl)Nc1ccc(OC(F)(F)F)cc1. The molecule has 4 rings (SSSR count). The van der Waals surface area contributed by atoms with Crippen molar-refractivity contribution in [3.63, 3.8) is 0 Å². The summed E-state index contributed by atoms with van der Waals surface area (Å²) >= 11 is 17.1. The minimum atomic E-state index is -5.94. The quantitative estimate of drug-likeness (QED) is 0.130. The fraction of sp³-hybridized carbons (Fsp3) is 0.125. The van der Waals surface area contributed by atoms with E-state index in [-0.39, 0.29) is 16.3 Å². The lowest BCUT2D eigenvalue weighted by Gasteiger charge is -2.24. The summed E-state index contributed by atoms with van der Waals surface area (Å²) in [6, 6.07) is 11.9. The zero-order valence-electron chi connectivity index (χ0n) is 26.8. The van der Waals surface area contributed by atoms with Crippen LogP contribution in [0.5, 0.6) is 11.5 Å². The van der Waals surface area contributed by atoms with Crippen molar-refractivity contribution in [3.05, 3.63) is 117 Å². The number of hydrogen-bond donors (Lipinski definition) is 4. The Bertz CT molecular complexity index is 2070. The molecule has 10 nitrogen and oxygen atoms in total. The van der Waals surface area contributed by atoms with Crippen molar-refractivity contribution in [2.24, 2.45) is 0 Å². The molecule has 0 saturated carbocycles. The third-order valence-electron chi connectivity index (χ3n) is 6.21. The maximum atomic E-state index is 13.6. The molecule has 0 heterocycles. The molecular formula is C32H18Cl3F11N4O6. The molecule has 6 amide bonds. The monoisotopic (exact) mass is 868 g/mol. The zero-order chi connectivity index (χ0) is 42.2. The highest BCUT2D eigenvalue weighted by Gasteiger charge is 2.59. The van der Waals surface area contributed by atoms with Crippen LogP contribution in [0.2, 0.25) is 15.1 Å². The number of urea groups is 2. The molecule has 0 radical (unpaired) electrons. The molecule has 1 unspecified atom stereocenters. The highest BCUT2D eigenvalue weighted by Crippen LogP contribution is 2.41. The van der Waals surface area contributed by atoms with Crippen LogP contribution in [0.15, 0.2) is 78.9 Å². The second-order valence-electron chi connectivity index (χ2n) is 10.3. The van der Waals surface area contributed by atoms with Gasteiger partial charge in [0.1, 0.15) is 28.7 Å². The van der Waals surface area contributed by atoms with E-state index in [4.69, 9.17) is 34.8 Å². The first-order valence-corrected chi connectivity index (χ1v) is 15.6. The number of amides is 6. The van der Waals surface area contributed by atoms with E-state index in [0.717, 1.165) is 30.3 Å². The fourth-order valence-electron chi connectivity index (χ4n) is 3.84. The largest absolute Gasteiger partial charge is 0.573 e. The lowest BCUT2D eigenvalue weighted by molar-refractivity contribution is -0.305. The minimum Gasteiger partial charge on any atom is -0.428 e. The summed E-state index contributed by atoms with van der Waals surface area (Å²) in [4.78, 5) is 47.3. The lowest BCUT2D eigenvalue weighted by atomic mass is 10.2. The van der Waals surface area contributed by atoms with E-state index in [1.165, 1.54) is 24.3 Å². The van der Waals surface area contributed by atoms with Gasteiger partial charge in [-0.1, -0.05) is 53.0 Å². The maximum Gasteiger partial charge on any atom is 0.573 e. The Morgan fingerprint density at radius 1 is 0.625 bits per heavy atom. The Morgan fingerprint density at radius 3 is 1.73 bits per heavy atom. The summed E-state index contributed by atoms with van der Waals surface area (Å²) in [6.07, 6.45) is -20.8. The van der Waals surface area contributed by atoms with Crippen molar-refractivity contribution in [1.82, 2.24) is 10.6 Å². The number of carbonyl (C=O) groups is 4. The summed E-state index contributed by atoms with van der Waals surface area (Å²) in [5.74, 6) is -6.34. The topological polar surface area (TPSA) is 135 Å². The van der Waals surface area contributed by atoms with Crippen molar-refractivity contribution in [2.45, 2.75) is 24.8 Å². The van der Waals surface area contributed by atoms with Gasteiger partial charge in [0.05, 0.1) is 26.3 Å². The molecule has 0 aliphatic rings. The molecule has 56 heavy (non-hydrogen) atoms. The number of hydrogen-bond acceptors (Lipinski definition) is 6. The second-order valence-corrected chi connectivity index (χ2v) is 11.5. The molecular weight excluding hydrogens is 852 g/mol. The normalized spacial score (nSPS) is 12.0. The van der Waals surface area contributed by atoms with Gasteiger partial charge in [0, 0.05) is 11.8 Å². The van der Waals surface area contributed by atoms with Gasteiger partial charge in [-0.15, -0.1) is 13.2 Å². The number of benzene rings is 4. The van der Waals surface area contributed by atoms with E-state index in [0.29, 0.717) is 12.1 Å². The summed E-state index contributed by atoms with van der Waals surface area (Å²) in [6.45, 7) is 0. The molecule has 0 bridgehead atoms. The van der Waals surface area contributed by atoms with Crippen molar-refractivity contribution in [2.75, 3.05) is 10.6 Å². The average molecular weight is 870 g/mol. The maximum absolute atomic E-state index is 13.6. The Balaban J connectivity index is 0.000000313. The van der Waals surface area contributed by atoms with Gasteiger partial charge in [0.25, 0.3) is 18.0 Å². The molecule has 4 aromatic rings. The number of rotatable bonds is 8. The second kappa shape index (κ2) is 18.4. The number of halogens is 14. The van der Waals surface area contributed by atoms with E-state index in [1.54, 1.807) is 17.4 Å². The molecule has 4 N–H and O–H groups in total. The first-order valence-electron chi connectivity index (χ1n) is 14.4. The molecule has 24 heteroatoms. The van der Waals surface area contributed by atoms with Gasteiger partial charge in [-0.05, 0) is 54.6 Å². The lowest BCUT2D eigenvalue weighted by Crippen LogP contribution is -2.45. The molecule has 0 spiro atoms. The molecule has 1 atom stereocenters. The van der Waals surface area contributed by atoms with Gasteiger partial charge < -0.3 is 20.1 Å². The van der Waals surface area contributed by atoms with Crippen LogP contribution >= 0.6 is 34.8 Å². The fourth-order valence-corrected chi connectivity index (χ4v) is 4.47. The van der Waals surface area contributed by atoms with Crippen LogP contribution < -0.4 is 30.7 Å². The van der Waals surface area contributed by atoms with E-state index < -0.39 is 93.1 Å². The Hall–Kier alpha value is -5.54. The van der Waals surface area contributed by atoms with Gasteiger partial charge in [0.2, 0.25) is 0 Å². The molecule has 0 fully saturated rings. The number of carbonyl (C=O) groups excluding carboxylic acids is 4. The van der Waals surface area contributed by atoms with Crippen LogP contribution in [0, 0.1) is 11.6 Å². The van der Waals surface area contributed by atoms with Gasteiger partial charge in [-0.3, -0.25) is 20.2 Å². The molecule has 4 aromatic carbocycles. The predicted molar refractivity (Wildman–Crippen MR) is 177 cm³/mol. The van der Waals surface area contributed by atoms with Crippen LogP contribution in [0.4, 0.5) is 69.3 Å². The Labute approximate surface area is 320 Å². The minimum absolute atomic E-state index is 0.114.